The normalized spacial score (nSPS) is 19.4. The summed E-state index contributed by atoms with van der Waals surface area (Å²) in [7, 11) is 0. The molecule has 4 nitrogen and oxygen atoms in total. The van der Waals surface area contributed by atoms with Gasteiger partial charge in [-0.25, -0.2) is 0 Å². The molecule has 0 radical (unpaired) electrons. The van der Waals surface area contributed by atoms with Gasteiger partial charge >= 0.3 is 6.18 Å². The van der Waals surface area contributed by atoms with Gasteiger partial charge in [-0.1, -0.05) is 11.2 Å². The van der Waals surface area contributed by atoms with Gasteiger partial charge in [0.05, 0.1) is 24.8 Å². The van der Waals surface area contributed by atoms with Crippen LogP contribution in [0.3, 0.4) is 0 Å². The SMILES string of the molecule is [N-]=[N+]=NC1COCc2cc(C(F)(F)F)ccc21. The van der Waals surface area contributed by atoms with Crippen LogP contribution in [0.5, 0.6) is 0 Å². The first-order valence-corrected chi connectivity index (χ1v) is 4.84. The minimum atomic E-state index is -4.37. The second kappa shape index (κ2) is 4.27. The molecule has 7 heteroatoms. The third-order valence-corrected chi connectivity index (χ3v) is 2.55. The van der Waals surface area contributed by atoms with Crippen molar-refractivity contribution in [3.05, 3.63) is 45.3 Å². The lowest BCUT2D eigenvalue weighted by molar-refractivity contribution is -0.137. The second-order valence-electron chi connectivity index (χ2n) is 3.65. The number of alkyl halides is 3. The van der Waals surface area contributed by atoms with Crippen molar-refractivity contribution in [3.63, 3.8) is 0 Å². The smallest absolute Gasteiger partial charge is 0.376 e. The Bertz CT molecular complexity index is 480. The zero-order valence-electron chi connectivity index (χ0n) is 8.61. The largest absolute Gasteiger partial charge is 0.416 e. The first kappa shape index (κ1) is 11.8. The van der Waals surface area contributed by atoms with E-state index in [0.717, 1.165) is 12.1 Å². The standard InChI is InChI=1S/C10H8F3N3O/c11-10(12,13)7-1-2-8-6(3-7)4-17-5-9(8)15-16-14/h1-3,9H,4-5H2. The van der Waals surface area contributed by atoms with Gasteiger partial charge < -0.3 is 4.74 Å². The van der Waals surface area contributed by atoms with E-state index in [1.807, 2.05) is 0 Å². The van der Waals surface area contributed by atoms with E-state index in [-0.39, 0.29) is 13.2 Å². The highest BCUT2D eigenvalue weighted by Crippen LogP contribution is 2.34. The lowest BCUT2D eigenvalue weighted by Crippen LogP contribution is -2.16. The van der Waals surface area contributed by atoms with Crippen LogP contribution < -0.4 is 0 Å². The minimum Gasteiger partial charge on any atom is -0.376 e. The third kappa shape index (κ3) is 2.35. The van der Waals surface area contributed by atoms with E-state index in [0.29, 0.717) is 11.1 Å². The summed E-state index contributed by atoms with van der Waals surface area (Å²) >= 11 is 0. The van der Waals surface area contributed by atoms with Crippen molar-refractivity contribution < 1.29 is 17.9 Å². The first-order chi connectivity index (χ1) is 8.02. The van der Waals surface area contributed by atoms with Crippen LogP contribution in [-0.2, 0) is 17.5 Å². The van der Waals surface area contributed by atoms with Gasteiger partial charge in [0.25, 0.3) is 0 Å². The topological polar surface area (TPSA) is 58.0 Å². The number of ether oxygens (including phenoxy) is 1. The molecule has 1 aromatic carbocycles. The van der Waals surface area contributed by atoms with Crippen molar-refractivity contribution in [2.75, 3.05) is 6.61 Å². The van der Waals surface area contributed by atoms with Crippen LogP contribution in [0.1, 0.15) is 22.7 Å². The molecule has 17 heavy (non-hydrogen) atoms. The molecule has 0 spiro atoms. The van der Waals surface area contributed by atoms with Gasteiger partial charge in [0.15, 0.2) is 0 Å². The number of fused-ring (bicyclic) bond motifs is 1. The third-order valence-electron chi connectivity index (χ3n) is 2.55. The van der Waals surface area contributed by atoms with Crippen molar-refractivity contribution in [2.24, 2.45) is 5.11 Å². The highest BCUT2D eigenvalue weighted by molar-refractivity contribution is 5.36. The number of halogens is 3. The Morgan fingerprint density at radius 3 is 2.82 bits per heavy atom. The van der Waals surface area contributed by atoms with Crippen molar-refractivity contribution in [1.82, 2.24) is 0 Å². The molecule has 2 rings (SSSR count). The summed E-state index contributed by atoms with van der Waals surface area (Å²) in [6.07, 6.45) is -4.37. The van der Waals surface area contributed by atoms with Gasteiger partial charge in [-0.05, 0) is 28.8 Å². The van der Waals surface area contributed by atoms with Crippen molar-refractivity contribution in [2.45, 2.75) is 18.8 Å². The molecule has 0 saturated carbocycles. The fourth-order valence-corrected chi connectivity index (χ4v) is 1.76. The van der Waals surface area contributed by atoms with Gasteiger partial charge in [0.2, 0.25) is 0 Å². The first-order valence-electron chi connectivity index (χ1n) is 4.84. The molecule has 1 aromatic rings. The van der Waals surface area contributed by atoms with Crippen molar-refractivity contribution in [3.8, 4) is 0 Å². The second-order valence-corrected chi connectivity index (χ2v) is 3.65. The molecular formula is C10H8F3N3O. The molecule has 1 aliphatic heterocycles. The van der Waals surface area contributed by atoms with Crippen LogP contribution in [0.2, 0.25) is 0 Å². The van der Waals surface area contributed by atoms with Gasteiger partial charge in [-0.3, -0.25) is 0 Å². The molecule has 0 fully saturated rings. The highest BCUT2D eigenvalue weighted by atomic mass is 19.4. The quantitative estimate of drug-likeness (QED) is 0.422. The van der Waals surface area contributed by atoms with E-state index >= 15 is 0 Å². The molecule has 1 aliphatic rings. The molecule has 1 heterocycles. The highest BCUT2D eigenvalue weighted by Gasteiger charge is 2.32. The summed E-state index contributed by atoms with van der Waals surface area (Å²) in [5, 5.41) is 3.49. The predicted octanol–water partition coefficient (Wildman–Crippen LogP) is 3.59. The number of hydrogen-bond acceptors (Lipinski definition) is 2. The molecule has 0 amide bonds. The lowest BCUT2D eigenvalue weighted by Gasteiger charge is -2.23. The molecule has 0 aromatic heterocycles. The molecule has 0 aliphatic carbocycles. The summed E-state index contributed by atoms with van der Waals surface area (Å²) < 4.78 is 42.5. The molecule has 90 valence electrons. The fraction of sp³-hybridized carbons (Fsp3) is 0.400. The van der Waals surface area contributed by atoms with E-state index in [2.05, 4.69) is 10.0 Å². The van der Waals surface area contributed by atoms with Gasteiger partial charge in [-0.15, -0.1) is 0 Å². The maximum absolute atomic E-state index is 12.5. The zero-order chi connectivity index (χ0) is 12.5. The van der Waals surface area contributed by atoms with Crippen LogP contribution in [0.4, 0.5) is 13.2 Å². The van der Waals surface area contributed by atoms with E-state index in [1.165, 1.54) is 6.07 Å². The number of benzene rings is 1. The predicted molar refractivity (Wildman–Crippen MR) is 53.0 cm³/mol. The van der Waals surface area contributed by atoms with Gasteiger partial charge in [0.1, 0.15) is 0 Å². The maximum atomic E-state index is 12.5. The molecule has 0 N–H and O–H groups in total. The van der Waals surface area contributed by atoms with E-state index in [1.54, 1.807) is 0 Å². The number of azide groups is 1. The Morgan fingerprint density at radius 1 is 1.41 bits per heavy atom. The van der Waals surface area contributed by atoms with Crippen molar-refractivity contribution in [1.29, 1.82) is 0 Å². The fourth-order valence-electron chi connectivity index (χ4n) is 1.76. The summed E-state index contributed by atoms with van der Waals surface area (Å²) in [6.45, 7) is 0.305. The molecule has 1 unspecified atom stereocenters. The number of rotatable bonds is 1. The summed E-state index contributed by atoms with van der Waals surface area (Å²) in [5.41, 5.74) is 8.65. The summed E-state index contributed by atoms with van der Waals surface area (Å²) in [6, 6.07) is 2.82. The lowest BCUT2D eigenvalue weighted by atomic mass is 9.97. The van der Waals surface area contributed by atoms with Crippen molar-refractivity contribution >= 4 is 0 Å². The van der Waals surface area contributed by atoms with Gasteiger partial charge in [-0.2, -0.15) is 13.2 Å². The Kier molecular flexibility index (Phi) is 2.95. The Morgan fingerprint density at radius 2 is 2.18 bits per heavy atom. The van der Waals surface area contributed by atoms with Crippen LogP contribution in [0.15, 0.2) is 23.3 Å². The molecule has 0 bridgehead atoms. The Labute approximate surface area is 94.6 Å². The van der Waals surface area contributed by atoms with Crippen LogP contribution in [0, 0.1) is 0 Å². The molecular weight excluding hydrogens is 235 g/mol. The van der Waals surface area contributed by atoms with Crippen LogP contribution in [0.25, 0.3) is 10.4 Å². The van der Waals surface area contributed by atoms with E-state index in [4.69, 9.17) is 10.3 Å². The number of hydrogen-bond donors (Lipinski definition) is 0. The average molecular weight is 243 g/mol. The monoisotopic (exact) mass is 243 g/mol. The van der Waals surface area contributed by atoms with Crippen LogP contribution in [-0.4, -0.2) is 6.61 Å². The van der Waals surface area contributed by atoms with Gasteiger partial charge in [0, 0.05) is 4.91 Å². The number of nitrogens with zero attached hydrogens (tertiary/aromatic N) is 3. The zero-order valence-corrected chi connectivity index (χ0v) is 8.61. The minimum absolute atomic E-state index is 0.108. The summed E-state index contributed by atoms with van der Waals surface area (Å²) in [5.74, 6) is 0. The van der Waals surface area contributed by atoms with E-state index < -0.39 is 17.8 Å². The average Bonchev–Trinajstić information content (AvgIpc) is 2.28. The molecule has 0 saturated heterocycles. The van der Waals surface area contributed by atoms with Crippen LogP contribution >= 0.6 is 0 Å². The Hall–Kier alpha value is -1.72. The molecule has 1 atom stereocenters. The summed E-state index contributed by atoms with van der Waals surface area (Å²) in [4.78, 5) is 2.65. The Balaban J connectivity index is 2.43. The maximum Gasteiger partial charge on any atom is 0.416 e. The van der Waals surface area contributed by atoms with E-state index in [9.17, 15) is 13.2 Å².